The van der Waals surface area contributed by atoms with Crippen LogP contribution in [0.25, 0.3) is 0 Å². The molecule has 5 N–H and O–H groups in total. The molecule has 6 nitrogen and oxygen atoms in total. The standard InChI is InChI=1S/C9H19N3O3/c1-3-9(11,4-2)6-15-5-7(13)12-8(10)14/h3-6,11H2,1-2H3,(H3,10,12,13,14). The van der Waals surface area contributed by atoms with E-state index in [1.54, 1.807) is 0 Å². The van der Waals surface area contributed by atoms with Gasteiger partial charge >= 0.3 is 6.03 Å². The van der Waals surface area contributed by atoms with Crippen LogP contribution in [0.3, 0.4) is 0 Å². The molecule has 0 unspecified atom stereocenters. The molecule has 0 aromatic carbocycles. The molecule has 0 saturated heterocycles. The Morgan fingerprint density at radius 3 is 2.27 bits per heavy atom. The smallest absolute Gasteiger partial charge is 0.318 e. The average molecular weight is 217 g/mol. The van der Waals surface area contributed by atoms with Crippen molar-refractivity contribution in [1.29, 1.82) is 0 Å². The highest BCUT2D eigenvalue weighted by Crippen LogP contribution is 2.10. The third-order valence-electron chi connectivity index (χ3n) is 2.29. The van der Waals surface area contributed by atoms with E-state index in [4.69, 9.17) is 16.2 Å². The molecule has 0 aliphatic carbocycles. The Morgan fingerprint density at radius 2 is 1.87 bits per heavy atom. The number of ether oxygens (including phenoxy) is 1. The van der Waals surface area contributed by atoms with E-state index < -0.39 is 17.5 Å². The Kier molecular flexibility index (Phi) is 5.88. The summed E-state index contributed by atoms with van der Waals surface area (Å²) in [7, 11) is 0. The van der Waals surface area contributed by atoms with E-state index >= 15 is 0 Å². The van der Waals surface area contributed by atoms with E-state index in [2.05, 4.69) is 0 Å². The fourth-order valence-corrected chi connectivity index (χ4v) is 0.975. The van der Waals surface area contributed by atoms with Gasteiger partial charge in [-0.05, 0) is 12.8 Å². The van der Waals surface area contributed by atoms with Gasteiger partial charge in [-0.15, -0.1) is 0 Å². The van der Waals surface area contributed by atoms with E-state index in [-0.39, 0.29) is 13.2 Å². The molecule has 0 fully saturated rings. The van der Waals surface area contributed by atoms with Gasteiger partial charge in [0.1, 0.15) is 6.61 Å². The molecule has 88 valence electrons. The van der Waals surface area contributed by atoms with Gasteiger partial charge in [0.05, 0.1) is 6.61 Å². The van der Waals surface area contributed by atoms with Gasteiger partial charge in [0.2, 0.25) is 0 Å². The number of imide groups is 1. The molecule has 0 heterocycles. The van der Waals surface area contributed by atoms with Crippen molar-refractivity contribution in [2.45, 2.75) is 32.2 Å². The number of nitrogens with one attached hydrogen (secondary N) is 1. The van der Waals surface area contributed by atoms with Crippen molar-refractivity contribution in [2.24, 2.45) is 11.5 Å². The second-order valence-electron chi connectivity index (χ2n) is 3.47. The van der Waals surface area contributed by atoms with Crippen LogP contribution in [0.1, 0.15) is 26.7 Å². The van der Waals surface area contributed by atoms with Gasteiger partial charge in [0.25, 0.3) is 5.91 Å². The minimum atomic E-state index is -0.881. The molecule has 0 aromatic rings. The van der Waals surface area contributed by atoms with Crippen LogP contribution in [0.15, 0.2) is 0 Å². The zero-order chi connectivity index (χ0) is 11.9. The monoisotopic (exact) mass is 217 g/mol. The molecule has 0 saturated carbocycles. The number of primary amides is 1. The Balaban J connectivity index is 3.78. The number of urea groups is 1. The van der Waals surface area contributed by atoms with Crippen LogP contribution >= 0.6 is 0 Å². The summed E-state index contributed by atoms with van der Waals surface area (Å²) < 4.78 is 5.10. The second-order valence-corrected chi connectivity index (χ2v) is 3.47. The predicted octanol–water partition coefficient (Wildman–Crippen LogP) is -0.285. The van der Waals surface area contributed by atoms with Crippen molar-refractivity contribution in [2.75, 3.05) is 13.2 Å². The Bertz CT molecular complexity index is 227. The van der Waals surface area contributed by atoms with Gasteiger partial charge in [-0.2, -0.15) is 0 Å². The first-order valence-corrected chi connectivity index (χ1v) is 4.89. The van der Waals surface area contributed by atoms with Crippen LogP contribution in [0.2, 0.25) is 0 Å². The summed E-state index contributed by atoms with van der Waals surface area (Å²) in [4.78, 5) is 21.2. The lowest BCUT2D eigenvalue weighted by molar-refractivity contribution is -0.125. The fourth-order valence-electron chi connectivity index (χ4n) is 0.975. The van der Waals surface area contributed by atoms with Crippen molar-refractivity contribution >= 4 is 11.9 Å². The second kappa shape index (κ2) is 6.36. The average Bonchev–Trinajstić information content (AvgIpc) is 2.16. The first-order valence-electron chi connectivity index (χ1n) is 4.89. The molecule has 15 heavy (non-hydrogen) atoms. The minimum Gasteiger partial charge on any atom is -0.370 e. The summed E-state index contributed by atoms with van der Waals surface area (Å²) in [5, 5.41) is 1.90. The minimum absolute atomic E-state index is 0.206. The lowest BCUT2D eigenvalue weighted by Gasteiger charge is -2.25. The van der Waals surface area contributed by atoms with Gasteiger partial charge in [0, 0.05) is 5.54 Å². The van der Waals surface area contributed by atoms with Crippen LogP contribution in [0.5, 0.6) is 0 Å². The summed E-state index contributed by atoms with van der Waals surface area (Å²) >= 11 is 0. The maximum atomic E-state index is 10.9. The van der Waals surface area contributed by atoms with Crippen molar-refractivity contribution in [1.82, 2.24) is 5.32 Å². The highest BCUT2D eigenvalue weighted by Gasteiger charge is 2.20. The molecule has 3 amide bonds. The Hall–Kier alpha value is -1.14. The molecular weight excluding hydrogens is 198 g/mol. The number of hydrogen-bond acceptors (Lipinski definition) is 4. The normalized spacial score (nSPS) is 11.1. The number of carbonyl (C=O) groups is 2. The summed E-state index contributed by atoms with van der Waals surface area (Å²) in [6, 6.07) is -0.881. The number of rotatable bonds is 6. The van der Waals surface area contributed by atoms with E-state index in [0.29, 0.717) is 0 Å². The zero-order valence-electron chi connectivity index (χ0n) is 9.21. The van der Waals surface area contributed by atoms with Gasteiger partial charge < -0.3 is 16.2 Å². The van der Waals surface area contributed by atoms with E-state index in [1.165, 1.54) is 0 Å². The summed E-state index contributed by atoms with van der Waals surface area (Å²) in [5.41, 5.74) is 10.3. The number of amides is 3. The zero-order valence-corrected chi connectivity index (χ0v) is 9.21. The van der Waals surface area contributed by atoms with Crippen molar-refractivity contribution in [3.8, 4) is 0 Å². The maximum Gasteiger partial charge on any atom is 0.318 e. The topological polar surface area (TPSA) is 107 Å². The lowest BCUT2D eigenvalue weighted by atomic mass is 9.96. The number of hydrogen-bond donors (Lipinski definition) is 3. The molecule has 0 rings (SSSR count). The summed E-state index contributed by atoms with van der Waals surface area (Å²) in [5.74, 6) is -0.558. The molecule has 0 radical (unpaired) electrons. The molecule has 0 aliphatic heterocycles. The van der Waals surface area contributed by atoms with Gasteiger partial charge in [-0.1, -0.05) is 13.8 Å². The highest BCUT2D eigenvalue weighted by atomic mass is 16.5. The maximum absolute atomic E-state index is 10.9. The van der Waals surface area contributed by atoms with Crippen LogP contribution in [0.4, 0.5) is 4.79 Å². The first-order chi connectivity index (χ1) is 6.93. The molecule has 6 heteroatoms. The Morgan fingerprint density at radius 1 is 1.33 bits per heavy atom. The predicted molar refractivity (Wildman–Crippen MR) is 56.0 cm³/mol. The SMILES string of the molecule is CCC(N)(CC)COCC(=O)NC(N)=O. The van der Waals surface area contributed by atoms with E-state index in [1.807, 2.05) is 19.2 Å². The third kappa shape index (κ3) is 6.03. The molecule has 0 spiro atoms. The van der Waals surface area contributed by atoms with Crippen LogP contribution in [-0.2, 0) is 9.53 Å². The third-order valence-corrected chi connectivity index (χ3v) is 2.29. The quantitative estimate of drug-likeness (QED) is 0.568. The van der Waals surface area contributed by atoms with Crippen molar-refractivity contribution in [3.63, 3.8) is 0 Å². The van der Waals surface area contributed by atoms with E-state index in [0.717, 1.165) is 12.8 Å². The molecule has 0 aliphatic rings. The first kappa shape index (κ1) is 13.9. The molecule has 0 atom stereocenters. The fraction of sp³-hybridized carbons (Fsp3) is 0.778. The van der Waals surface area contributed by atoms with Crippen LogP contribution < -0.4 is 16.8 Å². The lowest BCUT2D eigenvalue weighted by Crippen LogP contribution is -2.44. The molecular formula is C9H19N3O3. The van der Waals surface area contributed by atoms with Crippen LogP contribution in [0, 0.1) is 0 Å². The molecule has 0 bridgehead atoms. The summed E-state index contributed by atoms with van der Waals surface area (Å²) in [6.45, 7) is 3.99. The number of carbonyl (C=O) groups excluding carboxylic acids is 2. The Labute approximate surface area is 89.3 Å². The van der Waals surface area contributed by atoms with Crippen LogP contribution in [-0.4, -0.2) is 30.7 Å². The summed E-state index contributed by atoms with van der Waals surface area (Å²) in [6.07, 6.45) is 1.53. The van der Waals surface area contributed by atoms with Crippen molar-refractivity contribution in [3.05, 3.63) is 0 Å². The van der Waals surface area contributed by atoms with Gasteiger partial charge in [-0.3, -0.25) is 10.1 Å². The molecule has 0 aromatic heterocycles. The van der Waals surface area contributed by atoms with Gasteiger partial charge in [-0.25, -0.2) is 4.79 Å². The van der Waals surface area contributed by atoms with Crippen molar-refractivity contribution < 1.29 is 14.3 Å². The highest BCUT2D eigenvalue weighted by molar-refractivity contribution is 5.94. The largest absolute Gasteiger partial charge is 0.370 e. The number of nitrogens with two attached hydrogens (primary N) is 2. The van der Waals surface area contributed by atoms with Gasteiger partial charge in [0.15, 0.2) is 0 Å². The van der Waals surface area contributed by atoms with E-state index in [9.17, 15) is 9.59 Å².